The SMILES string of the molecule is Cc1ccc2oc3cccc(O)c3c(=O)c2c1. The molecular formula is C14H10O3. The Bertz CT molecular complexity index is 784. The Morgan fingerprint density at radius 2 is 1.94 bits per heavy atom. The third-order valence-corrected chi connectivity index (χ3v) is 2.83. The van der Waals surface area contributed by atoms with Gasteiger partial charge in [-0.15, -0.1) is 0 Å². The number of hydrogen-bond acceptors (Lipinski definition) is 3. The predicted octanol–water partition coefficient (Wildman–Crippen LogP) is 2.96. The van der Waals surface area contributed by atoms with Crippen LogP contribution >= 0.6 is 0 Å². The third kappa shape index (κ3) is 1.40. The molecule has 1 heterocycles. The van der Waals surface area contributed by atoms with Crippen LogP contribution in [0.3, 0.4) is 0 Å². The van der Waals surface area contributed by atoms with Crippen LogP contribution in [-0.2, 0) is 0 Å². The molecular weight excluding hydrogens is 216 g/mol. The first-order chi connectivity index (χ1) is 8.16. The highest BCUT2D eigenvalue weighted by Gasteiger charge is 2.10. The minimum absolute atomic E-state index is 0.0420. The molecule has 0 atom stereocenters. The average molecular weight is 226 g/mol. The van der Waals surface area contributed by atoms with Gasteiger partial charge in [0, 0.05) is 0 Å². The Labute approximate surface area is 96.9 Å². The van der Waals surface area contributed by atoms with Crippen molar-refractivity contribution in [2.24, 2.45) is 0 Å². The van der Waals surface area contributed by atoms with E-state index in [2.05, 4.69) is 0 Å². The fourth-order valence-electron chi connectivity index (χ4n) is 2.00. The van der Waals surface area contributed by atoms with Crippen molar-refractivity contribution in [3.8, 4) is 5.75 Å². The molecule has 2 aromatic carbocycles. The van der Waals surface area contributed by atoms with E-state index in [4.69, 9.17) is 4.42 Å². The molecule has 17 heavy (non-hydrogen) atoms. The molecule has 0 spiro atoms. The van der Waals surface area contributed by atoms with Gasteiger partial charge < -0.3 is 9.52 Å². The monoisotopic (exact) mass is 226 g/mol. The molecule has 0 saturated heterocycles. The number of phenolic OH excluding ortho intramolecular Hbond substituents is 1. The molecule has 1 aromatic heterocycles. The summed E-state index contributed by atoms with van der Waals surface area (Å²) in [5.41, 5.74) is 1.74. The van der Waals surface area contributed by atoms with Gasteiger partial charge in [0.2, 0.25) is 5.43 Å². The van der Waals surface area contributed by atoms with Crippen molar-refractivity contribution < 1.29 is 9.52 Å². The van der Waals surface area contributed by atoms with Crippen LogP contribution in [0.1, 0.15) is 5.56 Å². The molecule has 0 radical (unpaired) electrons. The van der Waals surface area contributed by atoms with Crippen LogP contribution in [0.5, 0.6) is 5.75 Å². The topological polar surface area (TPSA) is 50.4 Å². The van der Waals surface area contributed by atoms with Crippen LogP contribution in [0.2, 0.25) is 0 Å². The lowest BCUT2D eigenvalue weighted by atomic mass is 10.1. The van der Waals surface area contributed by atoms with Crippen molar-refractivity contribution in [1.82, 2.24) is 0 Å². The molecule has 3 heteroatoms. The molecule has 0 amide bonds. The van der Waals surface area contributed by atoms with Gasteiger partial charge in [-0.05, 0) is 31.2 Å². The fourth-order valence-corrected chi connectivity index (χ4v) is 2.00. The van der Waals surface area contributed by atoms with Crippen LogP contribution in [0.4, 0.5) is 0 Å². The minimum Gasteiger partial charge on any atom is -0.507 e. The number of phenols is 1. The number of aromatic hydroxyl groups is 1. The van der Waals surface area contributed by atoms with Crippen molar-refractivity contribution in [3.63, 3.8) is 0 Å². The Hall–Kier alpha value is -2.29. The molecule has 0 saturated carbocycles. The van der Waals surface area contributed by atoms with Gasteiger partial charge in [0.25, 0.3) is 0 Å². The highest BCUT2D eigenvalue weighted by Crippen LogP contribution is 2.25. The van der Waals surface area contributed by atoms with Gasteiger partial charge in [-0.2, -0.15) is 0 Å². The average Bonchev–Trinajstić information content (AvgIpc) is 2.30. The second kappa shape index (κ2) is 3.35. The van der Waals surface area contributed by atoms with Gasteiger partial charge in [0.1, 0.15) is 22.3 Å². The summed E-state index contributed by atoms with van der Waals surface area (Å²) in [6.07, 6.45) is 0. The molecule has 1 N–H and O–H groups in total. The first kappa shape index (κ1) is 9.90. The lowest BCUT2D eigenvalue weighted by Gasteiger charge is -2.03. The second-order valence-corrected chi connectivity index (χ2v) is 4.08. The molecule has 3 rings (SSSR count). The van der Waals surface area contributed by atoms with Crippen molar-refractivity contribution >= 4 is 21.9 Å². The molecule has 0 fully saturated rings. The molecule has 84 valence electrons. The van der Waals surface area contributed by atoms with Crippen LogP contribution in [0.25, 0.3) is 21.9 Å². The summed E-state index contributed by atoms with van der Waals surface area (Å²) in [6, 6.07) is 10.2. The predicted molar refractivity (Wildman–Crippen MR) is 66.4 cm³/mol. The molecule has 0 bridgehead atoms. The van der Waals surface area contributed by atoms with E-state index in [-0.39, 0.29) is 16.6 Å². The Morgan fingerprint density at radius 1 is 1.12 bits per heavy atom. The first-order valence-corrected chi connectivity index (χ1v) is 5.32. The zero-order valence-corrected chi connectivity index (χ0v) is 9.23. The van der Waals surface area contributed by atoms with Crippen LogP contribution in [-0.4, -0.2) is 5.11 Å². The van der Waals surface area contributed by atoms with E-state index in [1.807, 2.05) is 13.0 Å². The Morgan fingerprint density at radius 3 is 2.76 bits per heavy atom. The van der Waals surface area contributed by atoms with Gasteiger partial charge in [0.05, 0.1) is 5.39 Å². The molecule has 3 nitrogen and oxygen atoms in total. The standard InChI is InChI=1S/C14H10O3/c1-8-5-6-11-9(7-8)14(16)13-10(15)3-2-4-12(13)17-11/h2-7,15H,1H3. The summed E-state index contributed by atoms with van der Waals surface area (Å²) in [4.78, 5) is 12.2. The summed E-state index contributed by atoms with van der Waals surface area (Å²) in [7, 11) is 0. The number of fused-ring (bicyclic) bond motifs is 2. The summed E-state index contributed by atoms with van der Waals surface area (Å²) in [5.74, 6) is -0.0420. The smallest absolute Gasteiger partial charge is 0.204 e. The molecule has 0 aliphatic rings. The van der Waals surface area contributed by atoms with E-state index in [0.717, 1.165) is 5.56 Å². The maximum atomic E-state index is 12.2. The van der Waals surface area contributed by atoms with Crippen LogP contribution < -0.4 is 5.43 Å². The lowest BCUT2D eigenvalue weighted by molar-refractivity contribution is 0.480. The zero-order chi connectivity index (χ0) is 12.0. The van der Waals surface area contributed by atoms with E-state index in [1.54, 1.807) is 24.3 Å². The number of hydrogen-bond donors (Lipinski definition) is 1. The van der Waals surface area contributed by atoms with Crippen molar-refractivity contribution in [1.29, 1.82) is 0 Å². The highest BCUT2D eigenvalue weighted by molar-refractivity contribution is 5.93. The molecule has 3 aromatic rings. The van der Waals surface area contributed by atoms with E-state index in [9.17, 15) is 9.90 Å². The summed E-state index contributed by atoms with van der Waals surface area (Å²) >= 11 is 0. The zero-order valence-electron chi connectivity index (χ0n) is 9.23. The van der Waals surface area contributed by atoms with Crippen molar-refractivity contribution in [3.05, 3.63) is 52.2 Å². The van der Waals surface area contributed by atoms with Crippen molar-refractivity contribution in [2.75, 3.05) is 0 Å². The number of benzene rings is 2. The second-order valence-electron chi connectivity index (χ2n) is 4.08. The van der Waals surface area contributed by atoms with Gasteiger partial charge in [-0.3, -0.25) is 4.79 Å². The fraction of sp³-hybridized carbons (Fsp3) is 0.0714. The van der Waals surface area contributed by atoms with Gasteiger partial charge >= 0.3 is 0 Å². The number of rotatable bonds is 0. The van der Waals surface area contributed by atoms with Crippen LogP contribution in [0.15, 0.2) is 45.6 Å². The largest absolute Gasteiger partial charge is 0.507 e. The maximum absolute atomic E-state index is 12.2. The molecule has 0 aliphatic heterocycles. The van der Waals surface area contributed by atoms with E-state index in [0.29, 0.717) is 16.6 Å². The maximum Gasteiger partial charge on any atom is 0.204 e. The molecule has 0 unspecified atom stereocenters. The Balaban J connectivity index is 2.63. The number of aryl methyl sites for hydroxylation is 1. The summed E-state index contributed by atoms with van der Waals surface area (Å²) in [6.45, 7) is 1.91. The Kier molecular flexibility index (Phi) is 1.95. The summed E-state index contributed by atoms with van der Waals surface area (Å²) < 4.78 is 5.60. The normalized spacial score (nSPS) is 11.1. The molecule has 0 aliphatic carbocycles. The van der Waals surface area contributed by atoms with Gasteiger partial charge in [0.15, 0.2) is 0 Å². The highest BCUT2D eigenvalue weighted by atomic mass is 16.3. The van der Waals surface area contributed by atoms with Gasteiger partial charge in [-0.1, -0.05) is 17.7 Å². The first-order valence-electron chi connectivity index (χ1n) is 5.32. The van der Waals surface area contributed by atoms with E-state index < -0.39 is 0 Å². The van der Waals surface area contributed by atoms with Crippen LogP contribution in [0, 0.1) is 6.92 Å². The van der Waals surface area contributed by atoms with Crippen molar-refractivity contribution in [2.45, 2.75) is 6.92 Å². The van der Waals surface area contributed by atoms with E-state index >= 15 is 0 Å². The third-order valence-electron chi connectivity index (χ3n) is 2.83. The minimum atomic E-state index is -0.192. The summed E-state index contributed by atoms with van der Waals surface area (Å²) in [5, 5.41) is 10.5. The lowest BCUT2D eigenvalue weighted by Crippen LogP contribution is -2.02. The van der Waals surface area contributed by atoms with Gasteiger partial charge in [-0.25, -0.2) is 0 Å². The quantitative estimate of drug-likeness (QED) is 0.599. The van der Waals surface area contributed by atoms with E-state index in [1.165, 1.54) is 6.07 Å².